The van der Waals surface area contributed by atoms with Crippen LogP contribution < -0.4 is 10.9 Å². The van der Waals surface area contributed by atoms with E-state index in [1.54, 1.807) is 0 Å². The van der Waals surface area contributed by atoms with Crippen LogP contribution in [-0.2, 0) is 6.18 Å². The predicted octanol–water partition coefficient (Wildman–Crippen LogP) is 4.66. The Morgan fingerprint density at radius 2 is 1.84 bits per heavy atom. The van der Waals surface area contributed by atoms with Gasteiger partial charge in [0.25, 0.3) is 11.6 Å². The van der Waals surface area contributed by atoms with Crippen LogP contribution in [0.3, 0.4) is 0 Å². The largest absolute Gasteiger partial charge is 0.416 e. The molecule has 8 nitrogen and oxygen atoms in total. The summed E-state index contributed by atoms with van der Waals surface area (Å²) in [5, 5.41) is 15.1. The first-order valence-electron chi connectivity index (χ1n) is 8.42. The van der Waals surface area contributed by atoms with Crippen LogP contribution in [0.5, 0.6) is 0 Å². The first-order valence-corrected chi connectivity index (χ1v) is 8.80. The average Bonchev–Trinajstić information content (AvgIpc) is 3.00. The van der Waals surface area contributed by atoms with Gasteiger partial charge in [0.2, 0.25) is 0 Å². The summed E-state index contributed by atoms with van der Waals surface area (Å²) in [6, 6.07) is 6.92. The Morgan fingerprint density at radius 1 is 1.19 bits per heavy atom. The van der Waals surface area contributed by atoms with Gasteiger partial charge in [-0.15, -0.1) is 0 Å². The third kappa shape index (κ3) is 4.58. The quantitative estimate of drug-likeness (QED) is 0.330. The molecule has 0 bridgehead atoms. The Balaban J connectivity index is 1.85. The molecule has 0 radical (unpaired) electrons. The number of nitro groups is 1. The zero-order chi connectivity index (χ0) is 22.9. The van der Waals surface area contributed by atoms with E-state index in [1.807, 2.05) is 0 Å². The molecule has 2 N–H and O–H groups in total. The lowest BCUT2D eigenvalue weighted by molar-refractivity contribution is -0.384. The van der Waals surface area contributed by atoms with Crippen LogP contribution in [0.25, 0.3) is 5.69 Å². The van der Waals surface area contributed by atoms with Crippen molar-refractivity contribution in [3.63, 3.8) is 0 Å². The summed E-state index contributed by atoms with van der Waals surface area (Å²) in [6.07, 6.45) is -4.77. The number of nitro benzene ring substituents is 1. The molecule has 0 aliphatic heterocycles. The van der Waals surface area contributed by atoms with E-state index in [2.05, 4.69) is 16.0 Å². The minimum absolute atomic E-state index is 0.0898. The van der Waals surface area contributed by atoms with Gasteiger partial charge in [0.05, 0.1) is 21.9 Å². The second kappa shape index (κ2) is 8.22. The number of amides is 1. The van der Waals surface area contributed by atoms with E-state index in [9.17, 15) is 32.5 Å². The zero-order valence-corrected chi connectivity index (χ0v) is 16.3. The number of anilines is 1. The number of hydrogen-bond donors (Lipinski definition) is 2. The maximum absolute atomic E-state index is 13.1. The van der Waals surface area contributed by atoms with Crippen LogP contribution in [0.15, 0.2) is 42.5 Å². The minimum Gasteiger partial charge on any atom is -0.292 e. The molecule has 13 heteroatoms. The van der Waals surface area contributed by atoms with Crippen molar-refractivity contribution in [2.24, 2.45) is 0 Å². The number of benzene rings is 2. The molecule has 1 amide bonds. The second-order valence-corrected chi connectivity index (χ2v) is 6.56. The smallest absolute Gasteiger partial charge is 0.292 e. The predicted molar refractivity (Wildman–Crippen MR) is 102 cm³/mol. The molecule has 0 spiro atoms. The monoisotopic (exact) mass is 457 g/mol. The summed E-state index contributed by atoms with van der Waals surface area (Å²) in [4.78, 5) is 22.7. The van der Waals surface area contributed by atoms with Crippen molar-refractivity contribution in [3.8, 4) is 5.69 Å². The normalized spacial score (nSPS) is 11.3. The number of carbonyl (C=O) groups excluding carboxylic acids is 1. The molecule has 2 aromatic carbocycles. The summed E-state index contributed by atoms with van der Waals surface area (Å²) in [7, 11) is 0. The summed E-state index contributed by atoms with van der Waals surface area (Å²) >= 11 is 6.22. The first kappa shape index (κ1) is 22.0. The van der Waals surface area contributed by atoms with Gasteiger partial charge < -0.3 is 0 Å². The molecule has 3 aromatic rings. The van der Waals surface area contributed by atoms with Crippen molar-refractivity contribution < 1.29 is 27.3 Å². The highest BCUT2D eigenvalue weighted by Gasteiger charge is 2.33. The fraction of sp³-hybridized carbons (Fsp3) is 0.111. The standard InChI is InChI=1S/C18H12ClF4N5O3/c1-9-15(16(19)27(26-9)12-5-3-11(20)4-6-12)17(29)25-24-13-7-2-10(18(21,22)23)8-14(13)28(30)31/h2-8,24H,1H3,(H,25,29). The molecule has 0 fully saturated rings. The number of nitrogens with one attached hydrogen (secondary N) is 2. The van der Waals surface area contributed by atoms with E-state index in [-0.39, 0.29) is 22.1 Å². The van der Waals surface area contributed by atoms with E-state index in [1.165, 1.54) is 35.9 Å². The van der Waals surface area contributed by atoms with Crippen LogP contribution in [0, 0.1) is 22.9 Å². The minimum atomic E-state index is -4.77. The van der Waals surface area contributed by atoms with Gasteiger partial charge in [0.15, 0.2) is 0 Å². The number of aromatic nitrogens is 2. The van der Waals surface area contributed by atoms with Gasteiger partial charge >= 0.3 is 6.18 Å². The van der Waals surface area contributed by atoms with Gasteiger partial charge in [-0.05, 0) is 43.3 Å². The zero-order valence-electron chi connectivity index (χ0n) is 15.5. The van der Waals surface area contributed by atoms with Gasteiger partial charge in [-0.25, -0.2) is 9.07 Å². The maximum Gasteiger partial charge on any atom is 0.416 e. The molecule has 0 unspecified atom stereocenters. The van der Waals surface area contributed by atoms with Crippen LogP contribution >= 0.6 is 11.6 Å². The number of halogens is 5. The van der Waals surface area contributed by atoms with Gasteiger partial charge in [-0.2, -0.15) is 18.3 Å². The van der Waals surface area contributed by atoms with E-state index in [4.69, 9.17) is 11.6 Å². The molecular formula is C18H12ClF4N5O3. The Morgan fingerprint density at radius 3 is 2.42 bits per heavy atom. The highest BCUT2D eigenvalue weighted by atomic mass is 35.5. The van der Waals surface area contributed by atoms with Crippen molar-refractivity contribution in [2.45, 2.75) is 13.1 Å². The van der Waals surface area contributed by atoms with E-state index in [0.717, 1.165) is 6.07 Å². The Bertz CT molecular complexity index is 1160. The summed E-state index contributed by atoms with van der Waals surface area (Å²) < 4.78 is 52.7. The van der Waals surface area contributed by atoms with Gasteiger partial charge in [0.1, 0.15) is 22.2 Å². The Hall–Kier alpha value is -3.67. The lowest BCUT2D eigenvalue weighted by atomic mass is 10.1. The molecule has 1 aromatic heterocycles. The SMILES string of the molecule is Cc1nn(-c2ccc(F)cc2)c(Cl)c1C(=O)NNc1ccc(C(F)(F)F)cc1[N+](=O)[O-]. The van der Waals surface area contributed by atoms with E-state index in [0.29, 0.717) is 17.8 Å². The fourth-order valence-electron chi connectivity index (χ4n) is 2.66. The number of hydrogen-bond acceptors (Lipinski definition) is 5. The highest BCUT2D eigenvalue weighted by molar-refractivity contribution is 6.33. The molecule has 0 atom stereocenters. The second-order valence-electron chi connectivity index (χ2n) is 6.21. The number of nitrogens with zero attached hydrogens (tertiary/aromatic N) is 3. The highest BCUT2D eigenvalue weighted by Crippen LogP contribution is 2.34. The van der Waals surface area contributed by atoms with Gasteiger partial charge in [-0.1, -0.05) is 11.6 Å². The number of rotatable bonds is 5. The van der Waals surface area contributed by atoms with Crippen LogP contribution in [-0.4, -0.2) is 20.6 Å². The van der Waals surface area contributed by atoms with Crippen LogP contribution in [0.4, 0.5) is 28.9 Å². The molecule has 0 aliphatic carbocycles. The van der Waals surface area contributed by atoms with Crippen molar-refractivity contribution >= 4 is 28.9 Å². The van der Waals surface area contributed by atoms with Crippen molar-refractivity contribution in [2.75, 3.05) is 5.43 Å². The summed E-state index contributed by atoms with van der Waals surface area (Å²) in [5.74, 6) is -1.32. The first-order chi connectivity index (χ1) is 14.5. The maximum atomic E-state index is 13.1. The Labute approximate surface area is 176 Å². The van der Waals surface area contributed by atoms with Crippen molar-refractivity contribution in [1.29, 1.82) is 0 Å². The van der Waals surface area contributed by atoms with E-state index >= 15 is 0 Å². The lowest BCUT2D eigenvalue weighted by Crippen LogP contribution is -2.30. The van der Waals surface area contributed by atoms with Crippen molar-refractivity contribution in [3.05, 3.63) is 80.4 Å². The summed E-state index contributed by atoms with van der Waals surface area (Å²) in [5.41, 5.74) is 2.39. The number of alkyl halides is 3. The fourth-order valence-corrected chi connectivity index (χ4v) is 3.02. The molecule has 31 heavy (non-hydrogen) atoms. The topological polar surface area (TPSA) is 102 Å². The molecule has 3 rings (SSSR count). The molecular weight excluding hydrogens is 446 g/mol. The molecule has 0 saturated heterocycles. The lowest BCUT2D eigenvalue weighted by Gasteiger charge is -2.11. The number of hydrazine groups is 1. The van der Waals surface area contributed by atoms with Crippen molar-refractivity contribution in [1.82, 2.24) is 15.2 Å². The number of carbonyl (C=O) groups is 1. The third-order valence-electron chi connectivity index (χ3n) is 4.13. The number of aryl methyl sites for hydroxylation is 1. The van der Waals surface area contributed by atoms with Gasteiger partial charge in [-0.3, -0.25) is 25.8 Å². The van der Waals surface area contributed by atoms with Crippen LogP contribution in [0.2, 0.25) is 5.15 Å². The molecule has 0 aliphatic rings. The molecule has 162 valence electrons. The Kier molecular flexibility index (Phi) is 5.84. The van der Waals surface area contributed by atoms with E-state index < -0.39 is 34.1 Å². The van der Waals surface area contributed by atoms with Gasteiger partial charge in [0, 0.05) is 6.07 Å². The van der Waals surface area contributed by atoms with Crippen LogP contribution in [0.1, 0.15) is 21.6 Å². The average molecular weight is 458 g/mol. The summed E-state index contributed by atoms with van der Waals surface area (Å²) in [6.45, 7) is 1.47. The molecule has 0 saturated carbocycles. The third-order valence-corrected chi connectivity index (χ3v) is 4.48. The molecule has 1 heterocycles.